The number of methoxy groups -OCH3 is 1. The predicted octanol–water partition coefficient (Wildman–Crippen LogP) is 0.912. The maximum absolute atomic E-state index is 10.8. The molecule has 3 heteroatoms. The summed E-state index contributed by atoms with van der Waals surface area (Å²) in [7, 11) is 1.45. The van der Waals surface area contributed by atoms with Gasteiger partial charge < -0.3 is 4.74 Å². The lowest BCUT2D eigenvalue weighted by molar-refractivity contribution is -0.144. The van der Waals surface area contributed by atoms with Gasteiger partial charge in [0.2, 0.25) is 0 Å². The largest absolute Gasteiger partial charge is 0.469 e. The smallest absolute Gasteiger partial charge is 0.309 e. The maximum Gasteiger partial charge on any atom is 0.309 e. The van der Waals surface area contributed by atoms with E-state index >= 15 is 0 Å². The molecule has 52 valence electrons. The van der Waals surface area contributed by atoms with Gasteiger partial charge in [0.15, 0.2) is 0 Å². The number of hydrogen-bond acceptors (Lipinski definition) is 3. The van der Waals surface area contributed by atoms with E-state index in [0.29, 0.717) is 0 Å². The van der Waals surface area contributed by atoms with Crippen LogP contribution < -0.4 is 0 Å². The zero-order valence-corrected chi connectivity index (χ0v) is 6.24. The summed E-state index contributed by atoms with van der Waals surface area (Å²) < 4.78 is 4.58. The Morgan fingerprint density at radius 1 is 1.78 bits per heavy atom. The van der Waals surface area contributed by atoms with Crippen molar-refractivity contribution in [2.24, 2.45) is 5.92 Å². The SMILES string of the molecule is COC(=O)C1CCSC1. The maximum atomic E-state index is 10.8. The highest BCUT2D eigenvalue weighted by atomic mass is 32.2. The van der Waals surface area contributed by atoms with Gasteiger partial charge >= 0.3 is 5.97 Å². The van der Waals surface area contributed by atoms with E-state index in [1.165, 1.54) is 7.11 Å². The first-order valence-corrected chi connectivity index (χ1v) is 4.15. The van der Waals surface area contributed by atoms with Gasteiger partial charge in [0.25, 0.3) is 0 Å². The zero-order valence-electron chi connectivity index (χ0n) is 5.42. The molecule has 1 unspecified atom stereocenters. The molecule has 1 heterocycles. The highest BCUT2D eigenvalue weighted by molar-refractivity contribution is 7.99. The molecule has 9 heavy (non-hydrogen) atoms. The molecule has 1 rings (SSSR count). The molecule has 1 aliphatic rings. The van der Waals surface area contributed by atoms with Crippen molar-refractivity contribution in [2.45, 2.75) is 6.42 Å². The summed E-state index contributed by atoms with van der Waals surface area (Å²) in [6, 6.07) is 0. The molecule has 1 aliphatic heterocycles. The zero-order chi connectivity index (χ0) is 6.69. The molecule has 0 bridgehead atoms. The molecule has 2 nitrogen and oxygen atoms in total. The molecule has 0 N–H and O–H groups in total. The number of carbonyl (C=O) groups is 1. The minimum atomic E-state index is -0.0417. The second-order valence-electron chi connectivity index (χ2n) is 2.08. The van der Waals surface area contributed by atoms with Crippen molar-refractivity contribution in [3.05, 3.63) is 0 Å². The molecule has 1 saturated heterocycles. The van der Waals surface area contributed by atoms with E-state index in [9.17, 15) is 4.79 Å². The fraction of sp³-hybridized carbons (Fsp3) is 0.833. The lowest BCUT2D eigenvalue weighted by Crippen LogP contribution is -2.14. The van der Waals surface area contributed by atoms with Crippen molar-refractivity contribution in [3.63, 3.8) is 0 Å². The Bertz CT molecular complexity index is 108. The monoisotopic (exact) mass is 146 g/mol. The van der Waals surface area contributed by atoms with Gasteiger partial charge in [-0.3, -0.25) is 4.79 Å². The third-order valence-corrected chi connectivity index (χ3v) is 2.63. The van der Waals surface area contributed by atoms with Crippen molar-refractivity contribution < 1.29 is 9.53 Å². The fourth-order valence-corrected chi connectivity index (χ4v) is 2.09. The second kappa shape index (κ2) is 3.11. The van der Waals surface area contributed by atoms with Gasteiger partial charge in [-0.15, -0.1) is 0 Å². The minimum absolute atomic E-state index is 0.0417. The van der Waals surface area contributed by atoms with Crippen LogP contribution in [0.15, 0.2) is 0 Å². The van der Waals surface area contributed by atoms with E-state index in [-0.39, 0.29) is 11.9 Å². The van der Waals surface area contributed by atoms with Gasteiger partial charge in [0, 0.05) is 5.75 Å². The summed E-state index contributed by atoms with van der Waals surface area (Å²) in [4.78, 5) is 10.8. The lowest BCUT2D eigenvalue weighted by Gasteiger charge is -2.02. The summed E-state index contributed by atoms with van der Waals surface area (Å²) in [5, 5.41) is 0. The van der Waals surface area contributed by atoms with Gasteiger partial charge in [0.1, 0.15) is 0 Å². The summed E-state index contributed by atoms with van der Waals surface area (Å²) in [6.07, 6.45) is 0.997. The Morgan fingerprint density at radius 2 is 2.56 bits per heavy atom. The van der Waals surface area contributed by atoms with Gasteiger partial charge in [-0.25, -0.2) is 0 Å². The van der Waals surface area contributed by atoms with Crippen LogP contribution in [0.5, 0.6) is 0 Å². The van der Waals surface area contributed by atoms with Crippen LogP contribution in [0.1, 0.15) is 6.42 Å². The summed E-state index contributed by atoms with van der Waals surface area (Å²) >= 11 is 1.83. The van der Waals surface area contributed by atoms with Crippen LogP contribution in [0.3, 0.4) is 0 Å². The fourth-order valence-electron chi connectivity index (χ4n) is 0.887. The van der Waals surface area contributed by atoms with E-state index in [4.69, 9.17) is 0 Å². The number of esters is 1. The van der Waals surface area contributed by atoms with E-state index in [1.54, 1.807) is 0 Å². The number of ether oxygens (including phenoxy) is 1. The van der Waals surface area contributed by atoms with Crippen molar-refractivity contribution in [1.29, 1.82) is 0 Å². The Labute approximate surface area is 59.0 Å². The van der Waals surface area contributed by atoms with Crippen molar-refractivity contribution in [1.82, 2.24) is 0 Å². The molecule has 0 aliphatic carbocycles. The molecule has 0 saturated carbocycles. The molecule has 1 atom stereocenters. The Kier molecular flexibility index (Phi) is 2.39. The second-order valence-corrected chi connectivity index (χ2v) is 3.23. The van der Waals surface area contributed by atoms with Gasteiger partial charge in [-0.1, -0.05) is 0 Å². The van der Waals surface area contributed by atoms with Gasteiger partial charge in [-0.05, 0) is 12.2 Å². The number of carbonyl (C=O) groups excluding carboxylic acids is 1. The third kappa shape index (κ3) is 1.61. The number of rotatable bonds is 1. The molecule has 0 radical (unpaired) electrons. The first-order valence-electron chi connectivity index (χ1n) is 3.00. The van der Waals surface area contributed by atoms with Crippen LogP contribution in [0.2, 0.25) is 0 Å². The molecular weight excluding hydrogens is 136 g/mol. The van der Waals surface area contributed by atoms with E-state index in [1.807, 2.05) is 11.8 Å². The molecule has 0 aromatic carbocycles. The highest BCUT2D eigenvalue weighted by Crippen LogP contribution is 2.23. The quantitative estimate of drug-likeness (QED) is 0.514. The molecular formula is C6H10O2S. The standard InChI is InChI=1S/C6H10O2S/c1-8-6(7)5-2-3-9-4-5/h5H,2-4H2,1H3. The summed E-state index contributed by atoms with van der Waals surface area (Å²) in [6.45, 7) is 0. The lowest BCUT2D eigenvalue weighted by atomic mass is 10.1. The minimum Gasteiger partial charge on any atom is -0.469 e. The number of hydrogen-bond donors (Lipinski definition) is 0. The Hall–Kier alpha value is -0.180. The first-order chi connectivity index (χ1) is 4.34. The van der Waals surface area contributed by atoms with Gasteiger partial charge in [0.05, 0.1) is 13.0 Å². The Balaban J connectivity index is 2.32. The van der Waals surface area contributed by atoms with E-state index < -0.39 is 0 Å². The first kappa shape index (κ1) is 6.93. The summed E-state index contributed by atoms with van der Waals surface area (Å²) in [5.74, 6) is 2.20. The molecule has 0 aromatic heterocycles. The average molecular weight is 146 g/mol. The highest BCUT2D eigenvalue weighted by Gasteiger charge is 2.23. The van der Waals surface area contributed by atoms with Gasteiger partial charge in [-0.2, -0.15) is 11.8 Å². The average Bonchev–Trinajstić information content (AvgIpc) is 2.37. The molecule has 0 spiro atoms. The molecule has 0 aromatic rings. The third-order valence-electron chi connectivity index (χ3n) is 1.46. The van der Waals surface area contributed by atoms with Crippen molar-refractivity contribution >= 4 is 17.7 Å². The van der Waals surface area contributed by atoms with Crippen LogP contribution in [-0.4, -0.2) is 24.6 Å². The topological polar surface area (TPSA) is 26.3 Å². The number of thioether (sulfide) groups is 1. The molecule has 0 amide bonds. The van der Waals surface area contributed by atoms with Crippen LogP contribution in [0.25, 0.3) is 0 Å². The van der Waals surface area contributed by atoms with Crippen LogP contribution in [-0.2, 0) is 9.53 Å². The van der Waals surface area contributed by atoms with Crippen molar-refractivity contribution in [2.75, 3.05) is 18.6 Å². The Morgan fingerprint density at radius 3 is 3.00 bits per heavy atom. The van der Waals surface area contributed by atoms with E-state index in [2.05, 4.69) is 4.74 Å². The van der Waals surface area contributed by atoms with E-state index in [0.717, 1.165) is 17.9 Å². The predicted molar refractivity (Wildman–Crippen MR) is 37.4 cm³/mol. The normalized spacial score (nSPS) is 26.1. The molecule has 1 fully saturated rings. The summed E-state index contributed by atoms with van der Waals surface area (Å²) in [5.41, 5.74) is 0. The van der Waals surface area contributed by atoms with Crippen LogP contribution >= 0.6 is 11.8 Å². The van der Waals surface area contributed by atoms with Crippen molar-refractivity contribution in [3.8, 4) is 0 Å². The van der Waals surface area contributed by atoms with Crippen LogP contribution in [0, 0.1) is 5.92 Å². The van der Waals surface area contributed by atoms with Crippen LogP contribution in [0.4, 0.5) is 0 Å².